The van der Waals surface area contributed by atoms with E-state index in [1.165, 1.54) is 34.9 Å². The molecule has 2 heterocycles. The Morgan fingerprint density at radius 3 is 2.42 bits per heavy atom. The molecule has 1 amide bonds. The van der Waals surface area contributed by atoms with Gasteiger partial charge in [-0.1, -0.05) is 43.2 Å². The maximum absolute atomic E-state index is 14.5. The van der Waals surface area contributed by atoms with Crippen molar-refractivity contribution in [3.05, 3.63) is 90.9 Å². The summed E-state index contributed by atoms with van der Waals surface area (Å²) >= 11 is 9.60. The molecule has 52 heavy (non-hydrogen) atoms. The number of piperazine rings is 1. The van der Waals surface area contributed by atoms with Gasteiger partial charge in [-0.2, -0.15) is 0 Å². The van der Waals surface area contributed by atoms with Gasteiger partial charge in [0.25, 0.3) is 5.69 Å². The third-order valence-electron chi connectivity index (χ3n) is 10.5. The fraction of sp³-hybridized carbons (Fsp3) is 0.447. The molecule has 6 rings (SSSR count). The number of rotatable bonds is 11. The molecule has 2 aliphatic heterocycles. The van der Waals surface area contributed by atoms with Crippen molar-refractivity contribution in [3.8, 4) is 0 Å². The summed E-state index contributed by atoms with van der Waals surface area (Å²) in [4.78, 5) is 28.0. The number of halogens is 2. The Bertz CT molecular complexity index is 1970. The van der Waals surface area contributed by atoms with Gasteiger partial charge in [0.1, 0.15) is 10.6 Å². The van der Waals surface area contributed by atoms with Gasteiger partial charge in [0.05, 0.1) is 25.5 Å². The topological polar surface area (TPSA) is 148 Å². The standard InChI is InChI=1S/C38H45BrClN5O6S/c1-38(2)14-11-27(31(22-38)26-3-5-28(40)6-4-26)24-43-15-17-44(18-16-43)33-10-8-30(37(41)46)35(39)36(33)52(49,50)29-7-9-32(34(21-29)45(47)48)42-23-25-12-19-51-20-13-25/h3-10,21,25,42H,11-20,22-24H2,1-2H3,(H2,41,46). The molecule has 3 aromatic carbocycles. The maximum atomic E-state index is 14.5. The average molecular weight is 815 g/mol. The van der Waals surface area contributed by atoms with E-state index in [0.717, 1.165) is 44.7 Å². The molecule has 3 aromatic rings. The van der Waals surface area contributed by atoms with Crippen LogP contribution in [-0.4, -0.2) is 76.6 Å². The zero-order chi connectivity index (χ0) is 37.2. The number of ether oxygens (including phenoxy) is 1. The SMILES string of the molecule is CC1(C)CCC(CN2CCN(c3ccc(C(N)=O)c(Br)c3S(=O)(=O)c3ccc(NCC4CCOCC4)c([N+](=O)[O-])c3)CC2)=C(c2ccc(Cl)cc2)C1. The predicted molar refractivity (Wildman–Crippen MR) is 208 cm³/mol. The highest BCUT2D eigenvalue weighted by Crippen LogP contribution is 2.44. The minimum absolute atomic E-state index is 0.00657. The molecular weight excluding hydrogens is 770 g/mol. The number of anilines is 2. The molecule has 2 saturated heterocycles. The summed E-state index contributed by atoms with van der Waals surface area (Å²) in [5, 5.41) is 16.1. The van der Waals surface area contributed by atoms with E-state index in [-0.39, 0.29) is 36.6 Å². The Kier molecular flexibility index (Phi) is 11.7. The second kappa shape index (κ2) is 15.9. The first kappa shape index (κ1) is 38.2. The fourth-order valence-corrected chi connectivity index (χ4v) is 10.3. The van der Waals surface area contributed by atoms with Crippen LogP contribution in [0.5, 0.6) is 0 Å². The lowest BCUT2D eigenvalue weighted by Gasteiger charge is -2.39. The van der Waals surface area contributed by atoms with E-state index in [2.05, 4.69) is 52.1 Å². The summed E-state index contributed by atoms with van der Waals surface area (Å²) in [7, 11) is -4.38. The van der Waals surface area contributed by atoms with Crippen molar-refractivity contribution >= 4 is 65.9 Å². The van der Waals surface area contributed by atoms with E-state index in [9.17, 15) is 23.3 Å². The van der Waals surface area contributed by atoms with Crippen molar-refractivity contribution in [2.75, 3.05) is 62.7 Å². The lowest BCUT2D eigenvalue weighted by Crippen LogP contribution is -2.47. The van der Waals surface area contributed by atoms with E-state index in [1.807, 2.05) is 17.0 Å². The smallest absolute Gasteiger partial charge is 0.293 e. The van der Waals surface area contributed by atoms with E-state index in [0.29, 0.717) is 62.6 Å². The Balaban J connectivity index is 1.26. The molecule has 14 heteroatoms. The first-order chi connectivity index (χ1) is 24.7. The number of nitrogens with zero attached hydrogens (tertiary/aromatic N) is 3. The molecule has 3 N–H and O–H groups in total. The second-order valence-electron chi connectivity index (χ2n) is 14.7. The molecule has 0 atom stereocenters. The van der Waals surface area contributed by atoms with Crippen LogP contribution in [0.4, 0.5) is 17.1 Å². The van der Waals surface area contributed by atoms with Gasteiger partial charge < -0.3 is 20.7 Å². The van der Waals surface area contributed by atoms with Crippen LogP contribution in [0.2, 0.25) is 5.02 Å². The van der Waals surface area contributed by atoms with Crippen LogP contribution in [0.3, 0.4) is 0 Å². The van der Waals surface area contributed by atoms with Crippen molar-refractivity contribution in [2.45, 2.75) is 55.7 Å². The number of nitrogens with two attached hydrogens (primary N) is 1. The summed E-state index contributed by atoms with van der Waals surface area (Å²) in [6, 6.07) is 15.1. The summed E-state index contributed by atoms with van der Waals surface area (Å²) in [6.45, 7) is 9.68. The Morgan fingerprint density at radius 1 is 1.08 bits per heavy atom. The van der Waals surface area contributed by atoms with Gasteiger partial charge in [-0.15, -0.1) is 0 Å². The molecule has 0 bridgehead atoms. The van der Waals surface area contributed by atoms with Crippen molar-refractivity contribution < 1.29 is 22.9 Å². The maximum Gasteiger partial charge on any atom is 0.293 e. The number of hydrogen-bond acceptors (Lipinski definition) is 9. The molecule has 1 aliphatic carbocycles. The Morgan fingerprint density at radius 2 is 1.77 bits per heavy atom. The van der Waals surface area contributed by atoms with Gasteiger partial charge in [-0.25, -0.2) is 8.42 Å². The van der Waals surface area contributed by atoms with Crippen LogP contribution < -0.4 is 16.0 Å². The quantitative estimate of drug-likeness (QED) is 0.148. The highest BCUT2D eigenvalue weighted by molar-refractivity contribution is 9.10. The number of benzene rings is 3. The number of hydrogen-bond donors (Lipinski definition) is 2. The first-order valence-electron chi connectivity index (χ1n) is 17.6. The summed E-state index contributed by atoms with van der Waals surface area (Å²) in [5.74, 6) is -0.497. The van der Waals surface area contributed by atoms with Crippen LogP contribution in [0.15, 0.2) is 74.4 Å². The number of carbonyl (C=O) groups is 1. The molecule has 0 aromatic heterocycles. The number of primary amides is 1. The van der Waals surface area contributed by atoms with Gasteiger partial charge in [0.2, 0.25) is 15.7 Å². The van der Waals surface area contributed by atoms with Gasteiger partial charge in [-0.3, -0.25) is 19.8 Å². The molecule has 3 aliphatic rings. The number of allylic oxidation sites excluding steroid dienone is 1. The lowest BCUT2D eigenvalue weighted by atomic mass is 9.72. The van der Waals surface area contributed by atoms with Gasteiger partial charge >= 0.3 is 0 Å². The van der Waals surface area contributed by atoms with Crippen molar-refractivity contribution in [2.24, 2.45) is 17.1 Å². The minimum Gasteiger partial charge on any atom is -0.381 e. The van der Waals surface area contributed by atoms with Crippen LogP contribution in [0, 0.1) is 21.4 Å². The van der Waals surface area contributed by atoms with Crippen LogP contribution in [-0.2, 0) is 14.6 Å². The molecule has 11 nitrogen and oxygen atoms in total. The number of nitro benzene ring substituents is 1. The average Bonchev–Trinajstić information content (AvgIpc) is 3.12. The number of amides is 1. The third kappa shape index (κ3) is 8.49. The Labute approximate surface area is 318 Å². The van der Waals surface area contributed by atoms with Crippen LogP contribution in [0.25, 0.3) is 5.57 Å². The summed E-state index contributed by atoms with van der Waals surface area (Å²) in [6.07, 6.45) is 4.78. The lowest BCUT2D eigenvalue weighted by molar-refractivity contribution is -0.384. The molecule has 278 valence electrons. The molecule has 2 fully saturated rings. The monoisotopic (exact) mass is 813 g/mol. The highest BCUT2D eigenvalue weighted by Gasteiger charge is 2.34. The van der Waals surface area contributed by atoms with E-state index in [4.69, 9.17) is 22.1 Å². The number of sulfone groups is 1. The second-order valence-corrected chi connectivity index (χ2v) is 17.8. The molecule has 0 saturated carbocycles. The zero-order valence-corrected chi connectivity index (χ0v) is 32.7. The number of carbonyl (C=O) groups excluding carboxylic acids is 1. The predicted octanol–water partition coefficient (Wildman–Crippen LogP) is 7.57. The fourth-order valence-electron chi connectivity index (χ4n) is 7.42. The van der Waals surface area contributed by atoms with E-state index < -0.39 is 20.7 Å². The van der Waals surface area contributed by atoms with E-state index in [1.54, 1.807) is 6.07 Å². The zero-order valence-electron chi connectivity index (χ0n) is 29.5. The number of nitrogens with one attached hydrogen (secondary N) is 1. The summed E-state index contributed by atoms with van der Waals surface area (Å²) in [5.41, 5.74) is 10.1. The molecule has 0 spiro atoms. The largest absolute Gasteiger partial charge is 0.381 e. The van der Waals surface area contributed by atoms with E-state index >= 15 is 0 Å². The van der Waals surface area contributed by atoms with Crippen molar-refractivity contribution in [1.29, 1.82) is 0 Å². The highest BCUT2D eigenvalue weighted by atomic mass is 79.9. The first-order valence-corrected chi connectivity index (χ1v) is 20.3. The van der Waals surface area contributed by atoms with Crippen LogP contribution in [0.1, 0.15) is 61.9 Å². The van der Waals surface area contributed by atoms with Crippen LogP contribution >= 0.6 is 27.5 Å². The normalized spacial score (nSPS) is 18.7. The van der Waals surface area contributed by atoms with Gasteiger partial charge in [0, 0.05) is 63.6 Å². The number of nitro groups is 1. The molecule has 0 radical (unpaired) electrons. The summed E-state index contributed by atoms with van der Waals surface area (Å²) < 4.78 is 34.4. The molecule has 0 unspecified atom stereocenters. The van der Waals surface area contributed by atoms with Crippen molar-refractivity contribution in [3.63, 3.8) is 0 Å². The van der Waals surface area contributed by atoms with Crippen molar-refractivity contribution in [1.82, 2.24) is 4.90 Å². The minimum atomic E-state index is -4.38. The van der Waals surface area contributed by atoms with Gasteiger partial charge in [-0.05, 0) is 107 Å². The Hall–Kier alpha value is -3.49. The third-order valence-corrected chi connectivity index (χ3v) is 13.7. The van der Waals surface area contributed by atoms with Gasteiger partial charge in [0.15, 0.2) is 0 Å². The molecular formula is C38H45BrClN5O6S.